The van der Waals surface area contributed by atoms with Crippen LogP contribution in [0.5, 0.6) is 0 Å². The van der Waals surface area contributed by atoms with Gasteiger partial charge in [0.05, 0.1) is 17.6 Å². The zero-order valence-corrected chi connectivity index (χ0v) is 8.80. The predicted molar refractivity (Wildman–Crippen MR) is 54.2 cm³/mol. The zero-order chi connectivity index (χ0) is 12.2. The first-order chi connectivity index (χ1) is 7.55. The van der Waals surface area contributed by atoms with E-state index in [0.29, 0.717) is 0 Å². The van der Waals surface area contributed by atoms with Gasteiger partial charge in [-0.2, -0.15) is 10.5 Å². The third-order valence-electron chi connectivity index (χ3n) is 2.50. The van der Waals surface area contributed by atoms with E-state index in [1.165, 1.54) is 13.0 Å². The van der Waals surface area contributed by atoms with Gasteiger partial charge in [-0.05, 0) is 25.5 Å². The summed E-state index contributed by atoms with van der Waals surface area (Å²) >= 11 is 0. The Morgan fingerprint density at radius 1 is 1.25 bits per heavy atom. The molecule has 1 aromatic carbocycles. The topological polar surface area (TPSA) is 47.6 Å². The summed E-state index contributed by atoms with van der Waals surface area (Å²) in [6.45, 7) is 1.44. The lowest BCUT2D eigenvalue weighted by Gasteiger charge is -2.21. The van der Waals surface area contributed by atoms with E-state index in [0.717, 1.165) is 12.1 Å². The van der Waals surface area contributed by atoms with Gasteiger partial charge in [0.1, 0.15) is 11.6 Å². The molecule has 16 heavy (non-hydrogen) atoms. The van der Waals surface area contributed by atoms with Crippen LogP contribution in [-0.2, 0) is 5.41 Å². The molecule has 0 aromatic heterocycles. The van der Waals surface area contributed by atoms with Gasteiger partial charge < -0.3 is 0 Å². The Kier molecular flexibility index (Phi) is 3.58. The van der Waals surface area contributed by atoms with E-state index in [2.05, 4.69) is 0 Å². The molecule has 0 aliphatic heterocycles. The summed E-state index contributed by atoms with van der Waals surface area (Å²) in [5, 5.41) is 17.5. The normalized spacial score (nSPS) is 13.6. The van der Waals surface area contributed by atoms with E-state index < -0.39 is 17.0 Å². The molecule has 0 saturated heterocycles. The van der Waals surface area contributed by atoms with Crippen LogP contribution in [-0.4, -0.2) is 0 Å². The highest BCUT2D eigenvalue weighted by Gasteiger charge is 2.32. The van der Waals surface area contributed by atoms with Crippen LogP contribution in [0.2, 0.25) is 0 Å². The number of benzene rings is 1. The summed E-state index contributed by atoms with van der Waals surface area (Å²) in [6.07, 6.45) is 0.190. The van der Waals surface area contributed by atoms with Crippen molar-refractivity contribution in [1.82, 2.24) is 0 Å². The molecule has 4 heteroatoms. The highest BCUT2D eigenvalue weighted by Crippen LogP contribution is 2.32. The molecule has 0 fully saturated rings. The largest absolute Gasteiger partial charge is 0.207 e. The Morgan fingerprint density at radius 2 is 1.81 bits per heavy atom. The summed E-state index contributed by atoms with van der Waals surface area (Å²) in [6, 6.07) is 7.22. The molecule has 1 rings (SSSR count). The Balaban J connectivity index is 3.24. The Bertz CT molecular complexity index is 451. The monoisotopic (exact) mass is 220 g/mol. The summed E-state index contributed by atoms with van der Waals surface area (Å²) in [4.78, 5) is 0. The summed E-state index contributed by atoms with van der Waals surface area (Å²) in [7, 11) is 0. The summed E-state index contributed by atoms with van der Waals surface area (Å²) in [5.41, 5.74) is -1.56. The summed E-state index contributed by atoms with van der Waals surface area (Å²) < 4.78 is 27.0. The molecule has 0 aliphatic carbocycles. The van der Waals surface area contributed by atoms with E-state index in [9.17, 15) is 8.78 Å². The zero-order valence-electron chi connectivity index (χ0n) is 8.80. The van der Waals surface area contributed by atoms with E-state index >= 15 is 0 Å². The van der Waals surface area contributed by atoms with Crippen molar-refractivity contribution >= 4 is 0 Å². The van der Waals surface area contributed by atoms with Crippen LogP contribution in [0, 0.1) is 34.3 Å². The van der Waals surface area contributed by atoms with E-state index in [1.54, 1.807) is 0 Å². The highest BCUT2D eigenvalue weighted by atomic mass is 19.1. The van der Waals surface area contributed by atoms with Crippen LogP contribution in [0.15, 0.2) is 18.2 Å². The van der Waals surface area contributed by atoms with Gasteiger partial charge in [-0.1, -0.05) is 6.07 Å². The second kappa shape index (κ2) is 4.72. The molecule has 1 unspecified atom stereocenters. The van der Waals surface area contributed by atoms with E-state index in [1.807, 2.05) is 12.1 Å². The number of hydrogen-bond donors (Lipinski definition) is 0. The first-order valence-corrected chi connectivity index (χ1v) is 4.78. The summed E-state index contributed by atoms with van der Waals surface area (Å²) in [5.74, 6) is -1.50. The fourth-order valence-corrected chi connectivity index (χ4v) is 1.57. The maximum Gasteiger partial charge on any atom is 0.130 e. The van der Waals surface area contributed by atoms with Crippen LogP contribution in [0.1, 0.15) is 25.3 Å². The SMILES string of the molecule is CC(C#N)(CCC#N)c1c(F)cccc1F. The quantitative estimate of drug-likeness (QED) is 0.785. The minimum atomic E-state index is -1.30. The number of nitriles is 2. The maximum absolute atomic E-state index is 13.5. The second-order valence-corrected chi connectivity index (χ2v) is 3.70. The van der Waals surface area contributed by atoms with E-state index in [-0.39, 0.29) is 18.4 Å². The molecule has 0 amide bonds. The van der Waals surface area contributed by atoms with Crippen LogP contribution in [0.3, 0.4) is 0 Å². The van der Waals surface area contributed by atoms with Gasteiger partial charge in [0, 0.05) is 12.0 Å². The molecule has 2 nitrogen and oxygen atoms in total. The van der Waals surface area contributed by atoms with Crippen LogP contribution < -0.4 is 0 Å². The highest BCUT2D eigenvalue weighted by molar-refractivity contribution is 5.34. The Hall–Kier alpha value is -1.94. The molecule has 0 N–H and O–H groups in total. The average Bonchev–Trinajstić information content (AvgIpc) is 2.26. The van der Waals surface area contributed by atoms with Gasteiger partial charge in [0.25, 0.3) is 0 Å². The average molecular weight is 220 g/mol. The molecule has 0 saturated carbocycles. The molecular weight excluding hydrogens is 210 g/mol. The van der Waals surface area contributed by atoms with Gasteiger partial charge >= 0.3 is 0 Å². The minimum Gasteiger partial charge on any atom is -0.207 e. The number of nitrogens with zero attached hydrogens (tertiary/aromatic N) is 2. The van der Waals surface area contributed by atoms with Gasteiger partial charge in [0.15, 0.2) is 0 Å². The fraction of sp³-hybridized carbons (Fsp3) is 0.333. The molecule has 0 bridgehead atoms. The predicted octanol–water partition coefficient (Wildman–Crippen LogP) is 3.05. The van der Waals surface area contributed by atoms with Crippen LogP contribution in [0.25, 0.3) is 0 Å². The molecule has 0 radical (unpaired) electrons. The Labute approximate surface area is 92.7 Å². The van der Waals surface area contributed by atoms with Crippen molar-refractivity contribution in [2.75, 3.05) is 0 Å². The molecule has 82 valence electrons. The minimum absolute atomic E-state index is 0.0812. The molecule has 0 aliphatic rings. The lowest BCUT2D eigenvalue weighted by atomic mass is 9.79. The van der Waals surface area contributed by atoms with Gasteiger partial charge in [-0.15, -0.1) is 0 Å². The van der Waals surface area contributed by atoms with Crippen molar-refractivity contribution in [3.05, 3.63) is 35.4 Å². The standard InChI is InChI=1S/C12H10F2N2/c1-12(8-16,6-3-7-15)11-9(13)4-2-5-10(11)14/h2,4-5H,3,6H2,1H3. The van der Waals surface area contributed by atoms with Gasteiger partial charge in [0.2, 0.25) is 0 Å². The molecule has 1 aromatic rings. The Morgan fingerprint density at radius 3 is 2.25 bits per heavy atom. The smallest absolute Gasteiger partial charge is 0.130 e. The molecule has 1 atom stereocenters. The fourth-order valence-electron chi connectivity index (χ4n) is 1.57. The van der Waals surface area contributed by atoms with Crippen molar-refractivity contribution < 1.29 is 8.78 Å². The van der Waals surface area contributed by atoms with Gasteiger partial charge in [-0.3, -0.25) is 0 Å². The first kappa shape index (κ1) is 12.1. The third-order valence-corrected chi connectivity index (χ3v) is 2.50. The number of rotatable bonds is 3. The van der Waals surface area contributed by atoms with E-state index in [4.69, 9.17) is 10.5 Å². The van der Waals surface area contributed by atoms with Crippen molar-refractivity contribution in [2.24, 2.45) is 0 Å². The lowest BCUT2D eigenvalue weighted by Crippen LogP contribution is -2.22. The number of hydrogen-bond acceptors (Lipinski definition) is 2. The van der Waals surface area contributed by atoms with Gasteiger partial charge in [-0.25, -0.2) is 8.78 Å². The first-order valence-electron chi connectivity index (χ1n) is 4.78. The van der Waals surface area contributed by atoms with Crippen molar-refractivity contribution in [3.8, 4) is 12.1 Å². The molecule has 0 spiro atoms. The van der Waals surface area contributed by atoms with Crippen molar-refractivity contribution in [2.45, 2.75) is 25.2 Å². The number of halogens is 2. The van der Waals surface area contributed by atoms with Crippen LogP contribution >= 0.6 is 0 Å². The lowest BCUT2D eigenvalue weighted by molar-refractivity contribution is 0.470. The van der Waals surface area contributed by atoms with Crippen molar-refractivity contribution in [3.63, 3.8) is 0 Å². The maximum atomic E-state index is 13.5. The second-order valence-electron chi connectivity index (χ2n) is 3.70. The van der Waals surface area contributed by atoms with Crippen LogP contribution in [0.4, 0.5) is 8.78 Å². The molecule has 0 heterocycles. The third kappa shape index (κ3) is 2.17. The van der Waals surface area contributed by atoms with Crippen molar-refractivity contribution in [1.29, 1.82) is 10.5 Å². The molecular formula is C12H10F2N2.